The van der Waals surface area contributed by atoms with Crippen LogP contribution in [-0.4, -0.2) is 11.1 Å². The number of aromatic nitrogens is 1. The molecule has 1 saturated carbocycles. The van der Waals surface area contributed by atoms with Crippen molar-refractivity contribution in [3.63, 3.8) is 0 Å². The molecule has 0 atom stereocenters. The first-order chi connectivity index (χ1) is 9.78. The van der Waals surface area contributed by atoms with Gasteiger partial charge in [-0.25, -0.2) is 0 Å². The molecule has 1 aromatic carbocycles. The van der Waals surface area contributed by atoms with Crippen LogP contribution >= 0.6 is 0 Å². The minimum absolute atomic E-state index is 0.0265. The van der Waals surface area contributed by atoms with Crippen LogP contribution in [0.2, 0.25) is 0 Å². The molecule has 0 amide bonds. The van der Waals surface area contributed by atoms with E-state index in [1.54, 1.807) is 6.20 Å². The molecule has 0 radical (unpaired) electrons. The zero-order valence-electron chi connectivity index (χ0n) is 11.9. The van der Waals surface area contributed by atoms with Gasteiger partial charge in [0.1, 0.15) is 5.75 Å². The van der Waals surface area contributed by atoms with Crippen molar-refractivity contribution in [1.82, 2.24) is 4.98 Å². The molecule has 20 heavy (non-hydrogen) atoms. The average molecular weight is 271 g/mol. The van der Waals surface area contributed by atoms with Gasteiger partial charge in [-0.1, -0.05) is 13.3 Å². The molecule has 3 heteroatoms. The summed E-state index contributed by atoms with van der Waals surface area (Å²) in [6, 6.07) is 5.94. The lowest BCUT2D eigenvalue weighted by atomic mass is 9.97. The van der Waals surface area contributed by atoms with E-state index in [2.05, 4.69) is 11.9 Å². The maximum absolute atomic E-state index is 11.9. The van der Waals surface area contributed by atoms with Crippen molar-refractivity contribution in [2.75, 3.05) is 0 Å². The zero-order valence-corrected chi connectivity index (χ0v) is 11.9. The summed E-state index contributed by atoms with van der Waals surface area (Å²) >= 11 is 0. The molecule has 1 aliphatic rings. The minimum atomic E-state index is -0.0265. The largest absolute Gasteiger partial charge is 0.490 e. The highest BCUT2D eigenvalue weighted by atomic mass is 16.5. The lowest BCUT2D eigenvalue weighted by molar-refractivity contribution is 0.154. The third-order valence-electron chi connectivity index (χ3n) is 4.18. The van der Waals surface area contributed by atoms with Crippen molar-refractivity contribution in [3.8, 4) is 5.75 Å². The lowest BCUT2D eigenvalue weighted by Crippen LogP contribution is -2.20. The third kappa shape index (κ3) is 2.58. The Kier molecular flexibility index (Phi) is 3.77. The first kappa shape index (κ1) is 13.2. The van der Waals surface area contributed by atoms with Gasteiger partial charge < -0.3 is 9.72 Å². The second-order valence-corrected chi connectivity index (χ2v) is 5.59. The molecule has 0 aliphatic heterocycles. The van der Waals surface area contributed by atoms with E-state index < -0.39 is 0 Å². The Morgan fingerprint density at radius 3 is 2.80 bits per heavy atom. The highest BCUT2D eigenvalue weighted by Crippen LogP contribution is 2.29. The SMILES string of the molecule is CCc1cc2c(=O)[nH]ccc2cc1OC1CCCCC1. The summed E-state index contributed by atoms with van der Waals surface area (Å²) in [5, 5.41) is 1.71. The number of nitrogens with one attached hydrogen (secondary N) is 1. The Balaban J connectivity index is 1.98. The Hall–Kier alpha value is -1.77. The molecule has 1 N–H and O–H groups in total. The van der Waals surface area contributed by atoms with E-state index in [1.807, 2.05) is 18.2 Å². The normalized spacial score (nSPS) is 16.4. The van der Waals surface area contributed by atoms with E-state index in [-0.39, 0.29) is 5.56 Å². The maximum atomic E-state index is 11.9. The Morgan fingerprint density at radius 2 is 2.05 bits per heavy atom. The molecule has 3 rings (SSSR count). The number of H-pyrrole nitrogens is 1. The van der Waals surface area contributed by atoms with E-state index in [0.717, 1.165) is 41.3 Å². The van der Waals surface area contributed by atoms with E-state index in [4.69, 9.17) is 4.74 Å². The summed E-state index contributed by atoms with van der Waals surface area (Å²) in [5.74, 6) is 0.956. The Labute approximate surface area is 119 Å². The van der Waals surface area contributed by atoms with Crippen molar-refractivity contribution in [1.29, 1.82) is 0 Å². The number of fused-ring (bicyclic) bond motifs is 1. The molecule has 0 spiro atoms. The van der Waals surface area contributed by atoms with Crippen molar-refractivity contribution < 1.29 is 4.74 Å². The average Bonchev–Trinajstić information content (AvgIpc) is 2.48. The molecular formula is C17H21NO2. The highest BCUT2D eigenvalue weighted by molar-refractivity contribution is 5.84. The molecule has 2 aromatic rings. The van der Waals surface area contributed by atoms with Crippen LogP contribution in [0.25, 0.3) is 10.8 Å². The maximum Gasteiger partial charge on any atom is 0.255 e. The van der Waals surface area contributed by atoms with Crippen LogP contribution < -0.4 is 10.3 Å². The first-order valence-electron chi connectivity index (χ1n) is 7.59. The number of hydrogen-bond donors (Lipinski definition) is 1. The topological polar surface area (TPSA) is 42.1 Å². The van der Waals surface area contributed by atoms with E-state index >= 15 is 0 Å². The molecule has 1 aliphatic carbocycles. The lowest BCUT2D eigenvalue weighted by Gasteiger charge is -2.24. The predicted octanol–water partition coefficient (Wildman–Crippen LogP) is 3.80. The zero-order chi connectivity index (χ0) is 13.9. The van der Waals surface area contributed by atoms with Crippen LogP contribution in [0.1, 0.15) is 44.6 Å². The van der Waals surface area contributed by atoms with E-state index in [9.17, 15) is 4.79 Å². The molecule has 3 nitrogen and oxygen atoms in total. The first-order valence-corrected chi connectivity index (χ1v) is 7.59. The second kappa shape index (κ2) is 5.70. The van der Waals surface area contributed by atoms with E-state index in [1.165, 1.54) is 19.3 Å². The monoisotopic (exact) mass is 271 g/mol. The van der Waals surface area contributed by atoms with Crippen LogP contribution in [0, 0.1) is 0 Å². The fraction of sp³-hybridized carbons (Fsp3) is 0.471. The second-order valence-electron chi connectivity index (χ2n) is 5.59. The molecule has 0 saturated heterocycles. The number of pyridine rings is 1. The standard InChI is InChI=1S/C17H21NO2/c1-2-12-10-15-13(8-9-18-17(15)19)11-16(12)20-14-6-4-3-5-7-14/h8-11,14H,2-7H2,1H3,(H,18,19). The molecular weight excluding hydrogens is 250 g/mol. The van der Waals surface area contributed by atoms with Crippen molar-refractivity contribution in [3.05, 3.63) is 40.3 Å². The number of aromatic amines is 1. The summed E-state index contributed by atoms with van der Waals surface area (Å²) in [6.45, 7) is 2.10. The van der Waals surface area contributed by atoms with Gasteiger partial charge in [0.25, 0.3) is 5.56 Å². The Morgan fingerprint density at radius 1 is 1.25 bits per heavy atom. The number of rotatable bonds is 3. The summed E-state index contributed by atoms with van der Waals surface area (Å²) in [7, 11) is 0. The predicted molar refractivity (Wildman–Crippen MR) is 81.4 cm³/mol. The fourth-order valence-corrected chi connectivity index (χ4v) is 3.01. The number of ether oxygens (including phenoxy) is 1. The molecule has 1 heterocycles. The van der Waals surface area contributed by atoms with Gasteiger partial charge in [-0.15, -0.1) is 0 Å². The van der Waals surface area contributed by atoms with Gasteiger partial charge in [0.05, 0.1) is 6.10 Å². The molecule has 106 valence electrons. The fourth-order valence-electron chi connectivity index (χ4n) is 3.01. The van der Waals surface area contributed by atoms with Gasteiger partial charge in [-0.2, -0.15) is 0 Å². The molecule has 1 aromatic heterocycles. The molecule has 1 fully saturated rings. The highest BCUT2D eigenvalue weighted by Gasteiger charge is 2.17. The van der Waals surface area contributed by atoms with Gasteiger partial charge in [0, 0.05) is 11.6 Å². The summed E-state index contributed by atoms with van der Waals surface area (Å²) in [4.78, 5) is 14.6. The summed E-state index contributed by atoms with van der Waals surface area (Å²) in [6.07, 6.45) is 9.07. The van der Waals surface area contributed by atoms with Crippen LogP contribution in [-0.2, 0) is 6.42 Å². The van der Waals surface area contributed by atoms with Gasteiger partial charge in [-0.05, 0) is 61.3 Å². The van der Waals surface area contributed by atoms with Gasteiger partial charge in [0.2, 0.25) is 0 Å². The number of benzene rings is 1. The Bertz CT molecular complexity index is 654. The number of hydrogen-bond acceptors (Lipinski definition) is 2. The van der Waals surface area contributed by atoms with Crippen LogP contribution in [0.5, 0.6) is 5.75 Å². The van der Waals surface area contributed by atoms with Gasteiger partial charge in [-0.3, -0.25) is 4.79 Å². The summed E-state index contributed by atoms with van der Waals surface area (Å²) in [5.41, 5.74) is 1.10. The smallest absolute Gasteiger partial charge is 0.255 e. The van der Waals surface area contributed by atoms with E-state index in [0.29, 0.717) is 6.10 Å². The minimum Gasteiger partial charge on any atom is -0.490 e. The van der Waals surface area contributed by atoms with Crippen molar-refractivity contribution >= 4 is 10.8 Å². The van der Waals surface area contributed by atoms with Gasteiger partial charge >= 0.3 is 0 Å². The third-order valence-corrected chi connectivity index (χ3v) is 4.18. The van der Waals surface area contributed by atoms with Crippen LogP contribution in [0.4, 0.5) is 0 Å². The van der Waals surface area contributed by atoms with Crippen molar-refractivity contribution in [2.24, 2.45) is 0 Å². The van der Waals surface area contributed by atoms with Crippen molar-refractivity contribution in [2.45, 2.75) is 51.6 Å². The van der Waals surface area contributed by atoms with Gasteiger partial charge in [0.15, 0.2) is 0 Å². The quantitative estimate of drug-likeness (QED) is 0.922. The molecule has 0 unspecified atom stereocenters. The van der Waals surface area contributed by atoms with Crippen LogP contribution in [0.3, 0.4) is 0 Å². The number of aryl methyl sites for hydroxylation is 1. The molecule has 0 bridgehead atoms. The van der Waals surface area contributed by atoms with Crippen LogP contribution in [0.15, 0.2) is 29.2 Å². The summed E-state index contributed by atoms with van der Waals surface area (Å²) < 4.78 is 6.21.